The van der Waals surface area contributed by atoms with E-state index in [0.29, 0.717) is 0 Å². The van der Waals surface area contributed by atoms with Crippen LogP contribution in [0, 0.1) is 0 Å². The van der Waals surface area contributed by atoms with Crippen LogP contribution in [0.25, 0.3) is 0 Å². The largest absolute Gasteiger partial charge is 0.488 e. The Morgan fingerprint density at radius 1 is 1.52 bits per heavy atom. The van der Waals surface area contributed by atoms with Gasteiger partial charge >= 0.3 is 0 Å². The van der Waals surface area contributed by atoms with Gasteiger partial charge in [-0.3, -0.25) is 0 Å². The normalized spacial score (nSPS) is 18.3. The van der Waals surface area contributed by atoms with E-state index in [4.69, 9.17) is 16.3 Å². The number of hydrogen-bond donors (Lipinski definition) is 1. The molecule has 1 aliphatic rings. The Hall–Kier alpha value is -1.10. The van der Waals surface area contributed by atoms with E-state index in [1.165, 1.54) is 10.4 Å². The third-order valence-corrected chi connectivity index (χ3v) is 5.27. The van der Waals surface area contributed by atoms with Crippen LogP contribution in [0.4, 0.5) is 0 Å². The van der Waals surface area contributed by atoms with Gasteiger partial charge in [0.2, 0.25) is 0 Å². The van der Waals surface area contributed by atoms with Crippen molar-refractivity contribution in [2.75, 3.05) is 6.54 Å². The zero-order valence-electron chi connectivity index (χ0n) is 12.2. The maximum Gasteiger partial charge on any atom is 0.123 e. The summed E-state index contributed by atoms with van der Waals surface area (Å²) in [5.74, 6) is 0.960. The van der Waals surface area contributed by atoms with Gasteiger partial charge in [0.05, 0.1) is 6.04 Å². The molecule has 5 heteroatoms. The molecule has 0 saturated carbocycles. The van der Waals surface area contributed by atoms with Crippen molar-refractivity contribution in [2.45, 2.75) is 38.8 Å². The molecule has 0 aliphatic carbocycles. The van der Waals surface area contributed by atoms with E-state index in [0.717, 1.165) is 35.2 Å². The fourth-order valence-electron chi connectivity index (χ4n) is 2.48. The average molecular weight is 323 g/mol. The first-order chi connectivity index (χ1) is 10.2. The van der Waals surface area contributed by atoms with Crippen molar-refractivity contribution in [1.82, 2.24) is 10.3 Å². The summed E-state index contributed by atoms with van der Waals surface area (Å²) in [5, 5.41) is 5.43. The molecule has 1 aromatic carbocycles. The number of fused-ring (bicyclic) bond motifs is 1. The highest BCUT2D eigenvalue weighted by molar-refractivity contribution is 7.11. The lowest BCUT2D eigenvalue weighted by atomic mass is 10.1. The van der Waals surface area contributed by atoms with Crippen molar-refractivity contribution >= 4 is 22.9 Å². The van der Waals surface area contributed by atoms with Gasteiger partial charge in [0.25, 0.3) is 0 Å². The van der Waals surface area contributed by atoms with E-state index in [1.807, 2.05) is 24.4 Å². The summed E-state index contributed by atoms with van der Waals surface area (Å²) < 4.78 is 5.94. The summed E-state index contributed by atoms with van der Waals surface area (Å²) in [6.45, 7) is 5.12. The molecular formula is C16H19ClN2OS. The van der Waals surface area contributed by atoms with E-state index < -0.39 is 0 Å². The smallest absolute Gasteiger partial charge is 0.123 e. The number of ether oxygens (including phenoxy) is 1. The Balaban J connectivity index is 1.54. The summed E-state index contributed by atoms with van der Waals surface area (Å²) in [6, 6.07) is 6.08. The van der Waals surface area contributed by atoms with Crippen LogP contribution in [0.5, 0.6) is 5.75 Å². The number of halogens is 1. The second kappa shape index (κ2) is 6.34. The SMILES string of the molecule is CCc1cnc(C(C)NCC2Cc3cc(Cl)ccc3O2)s1. The lowest BCUT2D eigenvalue weighted by Gasteiger charge is -2.15. The van der Waals surface area contributed by atoms with Gasteiger partial charge in [-0.25, -0.2) is 4.98 Å². The molecule has 21 heavy (non-hydrogen) atoms. The maximum absolute atomic E-state index is 6.02. The number of nitrogens with one attached hydrogen (secondary N) is 1. The van der Waals surface area contributed by atoms with E-state index in [9.17, 15) is 0 Å². The molecule has 112 valence electrons. The van der Waals surface area contributed by atoms with Gasteiger partial charge in [-0.1, -0.05) is 18.5 Å². The third-order valence-electron chi connectivity index (χ3n) is 3.71. The Morgan fingerprint density at radius 2 is 2.38 bits per heavy atom. The summed E-state index contributed by atoms with van der Waals surface area (Å²) in [7, 11) is 0. The average Bonchev–Trinajstić information content (AvgIpc) is 3.10. The highest BCUT2D eigenvalue weighted by atomic mass is 35.5. The van der Waals surface area contributed by atoms with Crippen LogP contribution in [0.3, 0.4) is 0 Å². The van der Waals surface area contributed by atoms with Crippen LogP contribution in [0.2, 0.25) is 5.02 Å². The minimum Gasteiger partial charge on any atom is -0.488 e. The molecule has 0 radical (unpaired) electrons. The summed E-state index contributed by atoms with van der Waals surface area (Å²) in [4.78, 5) is 5.81. The molecule has 2 heterocycles. The molecule has 2 unspecified atom stereocenters. The Morgan fingerprint density at radius 3 is 3.14 bits per heavy atom. The topological polar surface area (TPSA) is 34.2 Å². The van der Waals surface area contributed by atoms with Crippen molar-refractivity contribution < 1.29 is 4.74 Å². The molecular weight excluding hydrogens is 304 g/mol. The molecule has 3 nitrogen and oxygen atoms in total. The molecule has 3 rings (SSSR count). The molecule has 0 saturated heterocycles. The van der Waals surface area contributed by atoms with E-state index >= 15 is 0 Å². The van der Waals surface area contributed by atoms with Crippen LogP contribution in [0.15, 0.2) is 24.4 Å². The van der Waals surface area contributed by atoms with Crippen LogP contribution >= 0.6 is 22.9 Å². The van der Waals surface area contributed by atoms with Crippen LogP contribution in [-0.4, -0.2) is 17.6 Å². The van der Waals surface area contributed by atoms with Gasteiger partial charge in [-0.15, -0.1) is 11.3 Å². The van der Waals surface area contributed by atoms with Gasteiger partial charge < -0.3 is 10.1 Å². The minimum absolute atomic E-state index is 0.173. The fraction of sp³-hybridized carbons (Fsp3) is 0.438. The van der Waals surface area contributed by atoms with Gasteiger partial charge in [0, 0.05) is 29.1 Å². The minimum atomic E-state index is 0.173. The summed E-state index contributed by atoms with van der Waals surface area (Å²) >= 11 is 7.80. The van der Waals surface area contributed by atoms with E-state index in [2.05, 4.69) is 24.1 Å². The second-order valence-corrected chi connectivity index (χ2v) is 6.93. The zero-order chi connectivity index (χ0) is 14.8. The number of rotatable bonds is 5. The van der Waals surface area contributed by atoms with Crippen molar-refractivity contribution in [3.8, 4) is 5.75 Å². The predicted molar refractivity (Wildman–Crippen MR) is 87.5 cm³/mol. The lowest BCUT2D eigenvalue weighted by Crippen LogP contribution is -2.31. The Bertz CT molecular complexity index is 628. The van der Waals surface area contributed by atoms with Gasteiger partial charge in [0.15, 0.2) is 0 Å². The van der Waals surface area contributed by atoms with Crippen LogP contribution in [-0.2, 0) is 12.8 Å². The van der Waals surface area contributed by atoms with E-state index in [-0.39, 0.29) is 12.1 Å². The first-order valence-electron chi connectivity index (χ1n) is 7.28. The molecule has 1 N–H and O–H groups in total. The maximum atomic E-state index is 6.02. The molecule has 1 aromatic heterocycles. The predicted octanol–water partition coefficient (Wildman–Crippen LogP) is 4.01. The van der Waals surface area contributed by atoms with Crippen LogP contribution < -0.4 is 10.1 Å². The molecule has 0 spiro atoms. The van der Waals surface area contributed by atoms with Crippen molar-refractivity contribution in [1.29, 1.82) is 0 Å². The molecule has 0 fully saturated rings. The standard InChI is InChI=1S/C16H19ClN2OS/c1-3-14-9-19-16(21-14)10(2)18-8-13-7-11-6-12(17)4-5-15(11)20-13/h4-6,9-10,13,18H,3,7-8H2,1-2H3. The summed E-state index contributed by atoms with van der Waals surface area (Å²) in [5.41, 5.74) is 1.20. The number of nitrogens with zero attached hydrogens (tertiary/aromatic N) is 1. The molecule has 1 aliphatic heterocycles. The first kappa shape index (κ1) is 14.8. The fourth-order valence-corrected chi connectivity index (χ4v) is 3.56. The third kappa shape index (κ3) is 3.39. The van der Waals surface area contributed by atoms with Gasteiger partial charge in [0.1, 0.15) is 16.9 Å². The van der Waals surface area contributed by atoms with Gasteiger partial charge in [-0.2, -0.15) is 0 Å². The molecule has 2 atom stereocenters. The van der Waals surface area contributed by atoms with Crippen molar-refractivity contribution in [3.63, 3.8) is 0 Å². The second-order valence-electron chi connectivity index (χ2n) is 5.34. The molecule has 0 bridgehead atoms. The van der Waals surface area contributed by atoms with Crippen molar-refractivity contribution in [2.24, 2.45) is 0 Å². The van der Waals surface area contributed by atoms with Crippen LogP contribution in [0.1, 0.15) is 35.3 Å². The lowest BCUT2D eigenvalue weighted by molar-refractivity contribution is 0.222. The summed E-state index contributed by atoms with van der Waals surface area (Å²) in [6.07, 6.45) is 4.11. The van der Waals surface area contributed by atoms with Crippen molar-refractivity contribution in [3.05, 3.63) is 44.9 Å². The number of benzene rings is 1. The highest BCUT2D eigenvalue weighted by Gasteiger charge is 2.23. The number of aromatic nitrogens is 1. The highest BCUT2D eigenvalue weighted by Crippen LogP contribution is 2.31. The zero-order valence-corrected chi connectivity index (χ0v) is 13.8. The monoisotopic (exact) mass is 322 g/mol. The molecule has 2 aromatic rings. The molecule has 0 amide bonds. The Kier molecular flexibility index (Phi) is 4.48. The quantitative estimate of drug-likeness (QED) is 0.903. The van der Waals surface area contributed by atoms with Gasteiger partial charge in [-0.05, 0) is 37.1 Å². The van der Waals surface area contributed by atoms with E-state index in [1.54, 1.807) is 11.3 Å². The Labute approximate surface area is 134 Å². The number of aryl methyl sites for hydroxylation is 1. The number of thiazole rings is 1. The first-order valence-corrected chi connectivity index (χ1v) is 8.48. The number of hydrogen-bond acceptors (Lipinski definition) is 4.